The van der Waals surface area contributed by atoms with Crippen molar-refractivity contribution in [3.05, 3.63) is 21.9 Å². The molecule has 0 spiro atoms. The lowest BCUT2D eigenvalue weighted by atomic mass is 10.0. The van der Waals surface area contributed by atoms with Gasteiger partial charge < -0.3 is 14.4 Å². The molecule has 0 N–H and O–H groups in total. The van der Waals surface area contributed by atoms with Crippen molar-refractivity contribution in [2.75, 3.05) is 20.1 Å². The summed E-state index contributed by atoms with van der Waals surface area (Å²) in [7, 11) is 3.95. The summed E-state index contributed by atoms with van der Waals surface area (Å²) in [6.07, 6.45) is 4.57. The van der Waals surface area contributed by atoms with E-state index in [0.29, 0.717) is 28.0 Å². The molecule has 2 saturated heterocycles. The Balaban J connectivity index is 1.84. The lowest BCUT2D eigenvalue weighted by molar-refractivity contribution is 0.0655. The van der Waals surface area contributed by atoms with Crippen molar-refractivity contribution in [1.29, 1.82) is 0 Å². The van der Waals surface area contributed by atoms with Crippen LogP contribution < -0.4 is 0 Å². The maximum atomic E-state index is 12.9. The van der Waals surface area contributed by atoms with Gasteiger partial charge in [0, 0.05) is 25.7 Å². The summed E-state index contributed by atoms with van der Waals surface area (Å²) in [5.74, 6) is 0.0501. The van der Waals surface area contributed by atoms with E-state index < -0.39 is 0 Å². The van der Waals surface area contributed by atoms with Gasteiger partial charge in [0.05, 0.1) is 5.02 Å². The van der Waals surface area contributed by atoms with Crippen LogP contribution in [0, 0.1) is 0 Å². The first-order valence-electron chi connectivity index (χ1n) is 7.52. The van der Waals surface area contributed by atoms with E-state index in [1.165, 1.54) is 12.8 Å². The van der Waals surface area contributed by atoms with E-state index in [-0.39, 0.29) is 5.91 Å². The molecule has 116 valence electrons. The molecule has 1 amide bonds. The lowest BCUT2D eigenvalue weighted by Crippen LogP contribution is -2.47. The Morgan fingerprint density at radius 2 is 1.81 bits per heavy atom. The monoisotopic (exact) mass is 329 g/mol. The molecule has 21 heavy (non-hydrogen) atoms. The highest BCUT2D eigenvalue weighted by Crippen LogP contribution is 2.32. The highest BCUT2D eigenvalue weighted by atomic mass is 35.5. The second-order valence-electron chi connectivity index (χ2n) is 6.13. The molecule has 1 aromatic heterocycles. The standard InChI is InChI=1S/C15H21Cl2N3O/c1-18-7-3-5-11(18)12-6-4-8-20(12)15(21)13-9-10(16)14(17)19(13)2/h9,11-12H,3-8H2,1-2H3/t11-,12-/m0/s1. The van der Waals surface area contributed by atoms with E-state index in [2.05, 4.69) is 11.9 Å². The Morgan fingerprint density at radius 1 is 1.14 bits per heavy atom. The molecule has 3 rings (SSSR count). The van der Waals surface area contributed by atoms with Gasteiger partial charge in [-0.15, -0.1) is 0 Å². The topological polar surface area (TPSA) is 28.5 Å². The first kappa shape index (κ1) is 15.2. The van der Waals surface area contributed by atoms with Crippen molar-refractivity contribution in [2.24, 2.45) is 7.05 Å². The third kappa shape index (κ3) is 2.58. The van der Waals surface area contributed by atoms with E-state index in [1.807, 2.05) is 4.90 Å². The minimum atomic E-state index is 0.0501. The third-order valence-electron chi connectivity index (χ3n) is 4.92. The second-order valence-corrected chi connectivity index (χ2v) is 6.89. The van der Waals surface area contributed by atoms with Crippen molar-refractivity contribution in [1.82, 2.24) is 14.4 Å². The number of rotatable bonds is 2. The number of halogens is 2. The van der Waals surface area contributed by atoms with Gasteiger partial charge in [0.1, 0.15) is 10.8 Å². The van der Waals surface area contributed by atoms with Crippen LogP contribution in [-0.2, 0) is 7.05 Å². The average molecular weight is 330 g/mol. The molecule has 2 fully saturated rings. The van der Waals surface area contributed by atoms with Crippen LogP contribution in [0.15, 0.2) is 6.07 Å². The fourth-order valence-corrected chi connectivity index (χ4v) is 4.14. The molecule has 0 bridgehead atoms. The Morgan fingerprint density at radius 3 is 2.38 bits per heavy atom. The van der Waals surface area contributed by atoms with Crippen molar-refractivity contribution < 1.29 is 4.79 Å². The molecular formula is C15H21Cl2N3O. The maximum absolute atomic E-state index is 12.9. The van der Waals surface area contributed by atoms with Gasteiger partial charge in [0.2, 0.25) is 0 Å². The van der Waals surface area contributed by atoms with E-state index in [4.69, 9.17) is 23.2 Å². The number of hydrogen-bond acceptors (Lipinski definition) is 2. The molecule has 0 saturated carbocycles. The van der Waals surface area contributed by atoms with Crippen LogP contribution in [0.3, 0.4) is 0 Å². The number of aromatic nitrogens is 1. The Kier molecular flexibility index (Phi) is 4.21. The van der Waals surface area contributed by atoms with Gasteiger partial charge in [0.15, 0.2) is 0 Å². The van der Waals surface area contributed by atoms with Crippen LogP contribution >= 0.6 is 23.2 Å². The molecular weight excluding hydrogens is 309 g/mol. The Labute approximate surface area is 135 Å². The molecule has 0 unspecified atom stereocenters. The molecule has 0 aliphatic carbocycles. The number of likely N-dealkylation sites (tertiary alicyclic amines) is 2. The zero-order valence-electron chi connectivity index (χ0n) is 12.5. The summed E-state index contributed by atoms with van der Waals surface area (Å²) in [4.78, 5) is 17.3. The van der Waals surface area contributed by atoms with Gasteiger partial charge in [0.25, 0.3) is 5.91 Å². The van der Waals surface area contributed by atoms with Crippen LogP contribution in [0.5, 0.6) is 0 Å². The van der Waals surface area contributed by atoms with E-state index >= 15 is 0 Å². The summed E-state index contributed by atoms with van der Waals surface area (Å²) in [5.41, 5.74) is 0.581. The van der Waals surface area contributed by atoms with Crippen LogP contribution in [0.4, 0.5) is 0 Å². The van der Waals surface area contributed by atoms with Gasteiger partial charge >= 0.3 is 0 Å². The van der Waals surface area contributed by atoms with Gasteiger partial charge in [-0.2, -0.15) is 0 Å². The van der Waals surface area contributed by atoms with Crippen LogP contribution in [-0.4, -0.2) is 52.5 Å². The van der Waals surface area contributed by atoms with Gasteiger partial charge in [-0.25, -0.2) is 0 Å². The normalized spacial score (nSPS) is 26.8. The van der Waals surface area contributed by atoms with E-state index in [0.717, 1.165) is 25.9 Å². The lowest BCUT2D eigenvalue weighted by Gasteiger charge is -2.33. The van der Waals surface area contributed by atoms with Crippen molar-refractivity contribution in [3.8, 4) is 0 Å². The van der Waals surface area contributed by atoms with E-state index in [9.17, 15) is 4.79 Å². The molecule has 2 aliphatic heterocycles. The minimum Gasteiger partial charge on any atom is -0.333 e. The first-order chi connectivity index (χ1) is 10.0. The second kappa shape index (κ2) is 5.82. The maximum Gasteiger partial charge on any atom is 0.270 e. The highest BCUT2D eigenvalue weighted by Gasteiger charge is 2.39. The molecule has 6 heteroatoms. The molecule has 3 heterocycles. The number of nitrogens with zero attached hydrogens (tertiary/aromatic N) is 3. The Bertz CT molecular complexity index is 557. The van der Waals surface area contributed by atoms with Gasteiger partial charge in [-0.1, -0.05) is 23.2 Å². The summed E-state index contributed by atoms with van der Waals surface area (Å²) in [5, 5.41) is 0.866. The third-order valence-corrected chi connectivity index (χ3v) is 5.76. The average Bonchev–Trinajstić information content (AvgIpc) is 3.14. The fraction of sp³-hybridized carbons (Fsp3) is 0.667. The molecule has 2 atom stereocenters. The number of carbonyl (C=O) groups excluding carboxylic acids is 1. The summed E-state index contributed by atoms with van der Waals surface area (Å²) in [6, 6.07) is 2.49. The largest absolute Gasteiger partial charge is 0.333 e. The van der Waals surface area contributed by atoms with Crippen LogP contribution in [0.25, 0.3) is 0 Å². The predicted octanol–water partition coefficient (Wildman–Crippen LogP) is 3.03. The molecule has 1 aromatic rings. The smallest absolute Gasteiger partial charge is 0.270 e. The number of hydrogen-bond donors (Lipinski definition) is 0. The number of amides is 1. The SMILES string of the molecule is CN1CCC[C@H]1[C@@H]1CCCN1C(=O)c1cc(Cl)c(Cl)n1C. The fourth-order valence-electron chi connectivity index (χ4n) is 3.76. The van der Waals surface area contributed by atoms with Crippen molar-refractivity contribution in [3.63, 3.8) is 0 Å². The minimum absolute atomic E-state index is 0.0501. The molecule has 0 aromatic carbocycles. The molecule has 0 radical (unpaired) electrons. The summed E-state index contributed by atoms with van der Waals surface area (Å²) < 4.78 is 1.68. The molecule has 2 aliphatic rings. The quantitative estimate of drug-likeness (QED) is 0.834. The number of carbonyl (C=O) groups is 1. The van der Waals surface area contributed by atoms with E-state index in [1.54, 1.807) is 17.7 Å². The predicted molar refractivity (Wildman–Crippen MR) is 85.1 cm³/mol. The van der Waals surface area contributed by atoms with Gasteiger partial charge in [-0.3, -0.25) is 4.79 Å². The summed E-state index contributed by atoms with van der Waals surface area (Å²) >= 11 is 12.1. The van der Waals surface area contributed by atoms with Crippen molar-refractivity contribution in [2.45, 2.75) is 37.8 Å². The van der Waals surface area contributed by atoms with Gasteiger partial charge in [-0.05, 0) is 45.3 Å². The zero-order chi connectivity index (χ0) is 15.1. The zero-order valence-corrected chi connectivity index (χ0v) is 14.0. The van der Waals surface area contributed by atoms with Crippen molar-refractivity contribution >= 4 is 29.1 Å². The Hall–Kier alpha value is -0.710. The first-order valence-corrected chi connectivity index (χ1v) is 8.28. The summed E-state index contributed by atoms with van der Waals surface area (Å²) in [6.45, 7) is 1.96. The van der Waals surface area contributed by atoms with Crippen LogP contribution in [0.1, 0.15) is 36.2 Å². The molecule has 4 nitrogen and oxygen atoms in total. The van der Waals surface area contributed by atoms with Crippen LogP contribution in [0.2, 0.25) is 10.2 Å². The highest BCUT2D eigenvalue weighted by molar-refractivity contribution is 6.41. The number of likely N-dealkylation sites (N-methyl/N-ethyl adjacent to an activating group) is 1.